The van der Waals surface area contributed by atoms with Gasteiger partial charge in [-0.1, -0.05) is 6.92 Å². The van der Waals surface area contributed by atoms with Gasteiger partial charge in [0.1, 0.15) is 5.82 Å². The topological polar surface area (TPSA) is 19.4 Å². The Morgan fingerprint density at radius 3 is 2.56 bits per heavy atom. The predicted octanol–water partition coefficient (Wildman–Crippen LogP) is 2.62. The van der Waals surface area contributed by atoms with Crippen molar-refractivity contribution in [1.82, 2.24) is 9.88 Å². The fraction of sp³-hybridized carbons (Fsp3) is 0.583. The molecule has 0 N–H and O–H groups in total. The zero-order valence-electron chi connectivity index (χ0n) is 10.3. The SMILES string of the molecule is CCCN(CCN(C)C)c1ncccc1Br. The van der Waals surface area contributed by atoms with Crippen LogP contribution >= 0.6 is 15.9 Å². The molecule has 0 atom stereocenters. The number of halogens is 1. The Kier molecular flexibility index (Phi) is 5.77. The Labute approximate surface area is 107 Å². The van der Waals surface area contributed by atoms with Crippen molar-refractivity contribution in [2.45, 2.75) is 13.3 Å². The molecule has 0 aromatic carbocycles. The van der Waals surface area contributed by atoms with Crippen LogP contribution in [-0.4, -0.2) is 43.6 Å². The minimum atomic E-state index is 1.01. The van der Waals surface area contributed by atoms with Crippen molar-refractivity contribution in [2.24, 2.45) is 0 Å². The third-order valence-electron chi connectivity index (χ3n) is 2.35. The summed E-state index contributed by atoms with van der Waals surface area (Å²) in [4.78, 5) is 8.95. The predicted molar refractivity (Wildman–Crippen MR) is 73.0 cm³/mol. The maximum absolute atomic E-state index is 4.44. The van der Waals surface area contributed by atoms with E-state index in [9.17, 15) is 0 Å². The molecule has 0 aliphatic carbocycles. The Morgan fingerprint density at radius 2 is 2.00 bits per heavy atom. The lowest BCUT2D eigenvalue weighted by molar-refractivity contribution is 0.412. The second-order valence-electron chi connectivity index (χ2n) is 4.10. The van der Waals surface area contributed by atoms with E-state index in [4.69, 9.17) is 0 Å². The highest BCUT2D eigenvalue weighted by Crippen LogP contribution is 2.22. The fourth-order valence-corrected chi connectivity index (χ4v) is 2.03. The quantitative estimate of drug-likeness (QED) is 0.801. The second-order valence-corrected chi connectivity index (χ2v) is 4.95. The minimum absolute atomic E-state index is 1.01. The monoisotopic (exact) mass is 285 g/mol. The molecule has 3 nitrogen and oxygen atoms in total. The van der Waals surface area contributed by atoms with E-state index in [1.54, 1.807) is 0 Å². The van der Waals surface area contributed by atoms with Crippen LogP contribution < -0.4 is 4.90 Å². The molecule has 0 bridgehead atoms. The number of hydrogen-bond donors (Lipinski definition) is 0. The standard InChI is InChI=1S/C12H20BrN3/c1-4-8-16(10-9-15(2)3)12-11(13)6-5-7-14-12/h5-7H,4,8-10H2,1-3H3. The number of pyridine rings is 1. The van der Waals surface area contributed by atoms with Crippen LogP contribution in [0.15, 0.2) is 22.8 Å². The van der Waals surface area contributed by atoms with Gasteiger partial charge < -0.3 is 9.80 Å². The molecule has 1 rings (SSSR count). The van der Waals surface area contributed by atoms with Crippen molar-refractivity contribution in [3.05, 3.63) is 22.8 Å². The molecule has 1 heterocycles. The maximum atomic E-state index is 4.44. The summed E-state index contributed by atoms with van der Waals surface area (Å²) in [5.74, 6) is 1.05. The van der Waals surface area contributed by atoms with Gasteiger partial charge in [0.2, 0.25) is 0 Å². The number of hydrogen-bond acceptors (Lipinski definition) is 3. The lowest BCUT2D eigenvalue weighted by Crippen LogP contribution is -2.33. The van der Waals surface area contributed by atoms with Gasteiger partial charge in [-0.15, -0.1) is 0 Å². The van der Waals surface area contributed by atoms with Gasteiger partial charge in [0.15, 0.2) is 0 Å². The molecular weight excluding hydrogens is 266 g/mol. The normalized spacial score (nSPS) is 10.8. The maximum Gasteiger partial charge on any atom is 0.142 e. The van der Waals surface area contributed by atoms with Crippen molar-refractivity contribution in [3.63, 3.8) is 0 Å². The van der Waals surface area contributed by atoms with Gasteiger partial charge in [-0.25, -0.2) is 4.98 Å². The Morgan fingerprint density at radius 1 is 1.25 bits per heavy atom. The second kappa shape index (κ2) is 6.86. The molecule has 90 valence electrons. The smallest absolute Gasteiger partial charge is 0.142 e. The summed E-state index contributed by atoms with van der Waals surface area (Å²) in [7, 11) is 4.19. The summed E-state index contributed by atoms with van der Waals surface area (Å²) in [6.07, 6.45) is 2.98. The fourth-order valence-electron chi connectivity index (χ4n) is 1.52. The highest BCUT2D eigenvalue weighted by molar-refractivity contribution is 9.10. The molecule has 4 heteroatoms. The molecule has 0 saturated heterocycles. The van der Waals surface area contributed by atoms with Crippen molar-refractivity contribution in [1.29, 1.82) is 0 Å². The summed E-state index contributed by atoms with van der Waals surface area (Å²) in [6, 6.07) is 3.99. The molecule has 0 saturated carbocycles. The van der Waals surface area contributed by atoms with E-state index in [0.717, 1.165) is 36.3 Å². The molecule has 1 aromatic heterocycles. The molecule has 0 aliphatic rings. The van der Waals surface area contributed by atoms with Crippen LogP contribution in [-0.2, 0) is 0 Å². The molecule has 0 spiro atoms. The van der Waals surface area contributed by atoms with Crippen LogP contribution in [0, 0.1) is 0 Å². The van der Waals surface area contributed by atoms with Crippen LogP contribution in [0.2, 0.25) is 0 Å². The minimum Gasteiger partial charge on any atom is -0.354 e. The summed E-state index contributed by atoms with van der Waals surface area (Å²) in [5, 5.41) is 0. The molecular formula is C12H20BrN3. The van der Waals surface area contributed by atoms with Crippen molar-refractivity contribution in [3.8, 4) is 0 Å². The Balaban J connectivity index is 2.73. The van der Waals surface area contributed by atoms with E-state index < -0.39 is 0 Å². The van der Waals surface area contributed by atoms with Crippen molar-refractivity contribution in [2.75, 3.05) is 38.6 Å². The molecule has 1 aromatic rings. The summed E-state index contributed by atoms with van der Waals surface area (Å²) < 4.78 is 1.07. The van der Waals surface area contributed by atoms with Gasteiger partial charge in [0.25, 0.3) is 0 Å². The summed E-state index contributed by atoms with van der Waals surface area (Å²) >= 11 is 3.56. The molecule has 0 amide bonds. The van der Waals surface area contributed by atoms with Gasteiger partial charge in [-0.2, -0.15) is 0 Å². The van der Waals surface area contributed by atoms with E-state index in [-0.39, 0.29) is 0 Å². The number of aromatic nitrogens is 1. The van der Waals surface area contributed by atoms with Crippen LogP contribution in [0.25, 0.3) is 0 Å². The lowest BCUT2D eigenvalue weighted by atomic mass is 10.3. The number of likely N-dealkylation sites (N-methyl/N-ethyl adjacent to an activating group) is 1. The zero-order valence-corrected chi connectivity index (χ0v) is 11.9. The van der Waals surface area contributed by atoms with Crippen LogP contribution in [0.3, 0.4) is 0 Å². The van der Waals surface area contributed by atoms with E-state index in [1.165, 1.54) is 0 Å². The van der Waals surface area contributed by atoms with Gasteiger partial charge in [0.05, 0.1) is 4.47 Å². The van der Waals surface area contributed by atoms with E-state index >= 15 is 0 Å². The molecule has 0 radical (unpaired) electrons. The Bertz CT molecular complexity index is 315. The number of nitrogens with zero attached hydrogens (tertiary/aromatic N) is 3. The molecule has 0 aliphatic heterocycles. The van der Waals surface area contributed by atoms with Gasteiger partial charge >= 0.3 is 0 Å². The number of anilines is 1. The first kappa shape index (κ1) is 13.5. The summed E-state index contributed by atoms with van der Waals surface area (Å²) in [5.41, 5.74) is 0. The molecule has 16 heavy (non-hydrogen) atoms. The summed E-state index contributed by atoms with van der Waals surface area (Å²) in [6.45, 7) is 5.29. The first-order chi connectivity index (χ1) is 7.65. The first-order valence-electron chi connectivity index (χ1n) is 5.65. The highest BCUT2D eigenvalue weighted by atomic mass is 79.9. The van der Waals surface area contributed by atoms with Crippen molar-refractivity contribution >= 4 is 21.7 Å². The lowest BCUT2D eigenvalue weighted by Gasteiger charge is -2.25. The third-order valence-corrected chi connectivity index (χ3v) is 2.97. The highest BCUT2D eigenvalue weighted by Gasteiger charge is 2.10. The average Bonchev–Trinajstić information content (AvgIpc) is 2.25. The largest absolute Gasteiger partial charge is 0.354 e. The van der Waals surface area contributed by atoms with E-state index in [0.29, 0.717) is 0 Å². The van der Waals surface area contributed by atoms with Crippen LogP contribution in [0.1, 0.15) is 13.3 Å². The van der Waals surface area contributed by atoms with Crippen LogP contribution in [0.4, 0.5) is 5.82 Å². The van der Waals surface area contributed by atoms with Crippen LogP contribution in [0.5, 0.6) is 0 Å². The number of rotatable bonds is 6. The van der Waals surface area contributed by atoms with E-state index in [1.807, 2.05) is 18.3 Å². The zero-order chi connectivity index (χ0) is 12.0. The van der Waals surface area contributed by atoms with Gasteiger partial charge in [0, 0.05) is 25.8 Å². The molecule has 0 unspecified atom stereocenters. The first-order valence-corrected chi connectivity index (χ1v) is 6.44. The van der Waals surface area contributed by atoms with Gasteiger partial charge in [-0.3, -0.25) is 0 Å². The van der Waals surface area contributed by atoms with E-state index in [2.05, 4.69) is 51.7 Å². The molecule has 0 fully saturated rings. The average molecular weight is 286 g/mol. The van der Waals surface area contributed by atoms with Gasteiger partial charge in [-0.05, 0) is 48.6 Å². The Hall–Kier alpha value is -0.610. The van der Waals surface area contributed by atoms with Crippen molar-refractivity contribution < 1.29 is 0 Å². The third kappa shape index (κ3) is 4.10.